The lowest BCUT2D eigenvalue weighted by Gasteiger charge is -2.23. The Morgan fingerprint density at radius 2 is 2.16 bits per heavy atom. The molecule has 6 heteroatoms. The zero-order valence-corrected chi connectivity index (χ0v) is 11.9. The number of sulfone groups is 1. The zero-order chi connectivity index (χ0) is 14.1. The molecule has 0 bridgehead atoms. The van der Waals surface area contributed by atoms with Gasteiger partial charge in [0.05, 0.1) is 10.4 Å². The number of hydrogen-bond donors (Lipinski definition) is 2. The molecule has 2 N–H and O–H groups in total. The molecule has 0 radical (unpaired) electrons. The minimum Gasteiger partial charge on any atom is -0.324 e. The number of carbonyl (C=O) groups is 1. The number of hydrogen-bond acceptors (Lipinski definition) is 4. The first-order valence-electron chi connectivity index (χ1n) is 6.18. The van der Waals surface area contributed by atoms with E-state index in [0.717, 1.165) is 25.6 Å². The van der Waals surface area contributed by atoms with Crippen molar-refractivity contribution in [2.45, 2.75) is 30.2 Å². The van der Waals surface area contributed by atoms with Gasteiger partial charge in [0.1, 0.15) is 0 Å². The van der Waals surface area contributed by atoms with Gasteiger partial charge in [0.2, 0.25) is 5.91 Å². The quantitative estimate of drug-likeness (QED) is 0.872. The van der Waals surface area contributed by atoms with Crippen LogP contribution in [0, 0.1) is 0 Å². The summed E-state index contributed by atoms with van der Waals surface area (Å²) in [6, 6.07) is 6.30. The summed E-state index contributed by atoms with van der Waals surface area (Å²) in [6.45, 7) is 2.68. The Balaban J connectivity index is 2.18. The van der Waals surface area contributed by atoms with Crippen molar-refractivity contribution in [2.75, 3.05) is 18.1 Å². The van der Waals surface area contributed by atoms with Gasteiger partial charge in [-0.2, -0.15) is 0 Å². The van der Waals surface area contributed by atoms with E-state index in [4.69, 9.17) is 0 Å². The summed E-state index contributed by atoms with van der Waals surface area (Å²) in [7, 11) is -3.26. The van der Waals surface area contributed by atoms with Crippen molar-refractivity contribution in [2.24, 2.45) is 0 Å². The molecule has 0 saturated carbocycles. The second kappa shape index (κ2) is 4.94. The second-order valence-corrected chi connectivity index (χ2v) is 7.13. The van der Waals surface area contributed by atoms with E-state index in [1.165, 1.54) is 12.1 Å². The molecular weight excluding hydrogens is 264 g/mol. The van der Waals surface area contributed by atoms with E-state index >= 15 is 0 Å². The van der Waals surface area contributed by atoms with Gasteiger partial charge in [-0.05, 0) is 44.5 Å². The highest BCUT2D eigenvalue weighted by atomic mass is 32.2. The lowest BCUT2D eigenvalue weighted by molar-refractivity contribution is -0.121. The lowest BCUT2D eigenvalue weighted by atomic mass is 9.99. The van der Waals surface area contributed by atoms with Crippen molar-refractivity contribution in [3.63, 3.8) is 0 Å². The highest BCUT2D eigenvalue weighted by molar-refractivity contribution is 7.90. The van der Waals surface area contributed by atoms with Gasteiger partial charge in [-0.15, -0.1) is 0 Å². The molecule has 1 heterocycles. The Kier molecular flexibility index (Phi) is 3.64. The summed E-state index contributed by atoms with van der Waals surface area (Å²) in [5.41, 5.74) is -0.0657. The predicted octanol–water partition coefficient (Wildman–Crippen LogP) is 1.17. The van der Waals surface area contributed by atoms with Crippen LogP contribution in [0.5, 0.6) is 0 Å². The van der Waals surface area contributed by atoms with Gasteiger partial charge in [-0.25, -0.2) is 8.42 Å². The van der Waals surface area contributed by atoms with Crippen molar-refractivity contribution >= 4 is 21.4 Å². The predicted molar refractivity (Wildman–Crippen MR) is 73.8 cm³/mol. The van der Waals surface area contributed by atoms with Crippen LogP contribution < -0.4 is 10.6 Å². The molecule has 0 spiro atoms. The number of rotatable bonds is 3. The standard InChI is InChI=1S/C13H18N2O3S/c1-13(7-4-8-14-13)12(16)15-10-5-3-6-11(9-10)19(2,17)18/h3,5-6,9,14H,4,7-8H2,1-2H3,(H,15,16). The zero-order valence-electron chi connectivity index (χ0n) is 11.1. The van der Waals surface area contributed by atoms with Crippen molar-refractivity contribution in [1.82, 2.24) is 5.32 Å². The van der Waals surface area contributed by atoms with E-state index in [1.54, 1.807) is 12.1 Å². The molecule has 1 amide bonds. The Morgan fingerprint density at radius 3 is 2.74 bits per heavy atom. The van der Waals surface area contributed by atoms with E-state index in [1.807, 2.05) is 6.92 Å². The fourth-order valence-corrected chi connectivity index (χ4v) is 2.83. The van der Waals surface area contributed by atoms with E-state index in [0.29, 0.717) is 5.69 Å². The van der Waals surface area contributed by atoms with Gasteiger partial charge in [0, 0.05) is 11.9 Å². The van der Waals surface area contributed by atoms with Gasteiger partial charge in [-0.1, -0.05) is 6.07 Å². The summed E-state index contributed by atoms with van der Waals surface area (Å²) < 4.78 is 22.9. The van der Waals surface area contributed by atoms with Crippen LogP contribution in [0.15, 0.2) is 29.2 Å². The topological polar surface area (TPSA) is 75.3 Å². The molecule has 1 aliphatic rings. The molecule has 1 saturated heterocycles. The maximum atomic E-state index is 12.2. The van der Waals surface area contributed by atoms with Gasteiger partial charge < -0.3 is 10.6 Å². The van der Waals surface area contributed by atoms with Crippen LogP contribution in [-0.2, 0) is 14.6 Å². The normalized spacial score (nSPS) is 23.3. The number of nitrogens with one attached hydrogen (secondary N) is 2. The molecule has 19 heavy (non-hydrogen) atoms. The molecule has 1 atom stereocenters. The third-order valence-corrected chi connectivity index (χ3v) is 4.50. The minimum absolute atomic E-state index is 0.129. The molecule has 2 rings (SSSR count). The van der Waals surface area contributed by atoms with Crippen LogP contribution in [0.25, 0.3) is 0 Å². The van der Waals surface area contributed by atoms with Crippen LogP contribution in [-0.4, -0.2) is 32.7 Å². The fourth-order valence-electron chi connectivity index (χ4n) is 2.16. The van der Waals surface area contributed by atoms with E-state index in [-0.39, 0.29) is 10.8 Å². The second-order valence-electron chi connectivity index (χ2n) is 5.12. The molecule has 1 unspecified atom stereocenters. The third-order valence-electron chi connectivity index (χ3n) is 3.39. The van der Waals surface area contributed by atoms with Crippen molar-refractivity contribution in [1.29, 1.82) is 0 Å². The first-order valence-corrected chi connectivity index (χ1v) is 8.07. The fraction of sp³-hybridized carbons (Fsp3) is 0.462. The smallest absolute Gasteiger partial charge is 0.244 e. The Bertz CT molecular complexity index is 590. The van der Waals surface area contributed by atoms with Gasteiger partial charge in [-0.3, -0.25) is 4.79 Å². The molecule has 1 fully saturated rings. The number of carbonyl (C=O) groups excluding carboxylic acids is 1. The minimum atomic E-state index is -3.26. The molecule has 0 aromatic heterocycles. The SMILES string of the molecule is CC1(C(=O)Nc2cccc(S(C)(=O)=O)c2)CCCN1. The third kappa shape index (κ3) is 3.13. The summed E-state index contributed by atoms with van der Waals surface area (Å²) in [5, 5.41) is 5.94. The average Bonchev–Trinajstić information content (AvgIpc) is 2.77. The number of anilines is 1. The monoisotopic (exact) mass is 282 g/mol. The molecule has 1 aromatic rings. The van der Waals surface area contributed by atoms with Crippen LogP contribution in [0.4, 0.5) is 5.69 Å². The number of amides is 1. The van der Waals surface area contributed by atoms with Crippen LogP contribution in [0.1, 0.15) is 19.8 Å². The van der Waals surface area contributed by atoms with Gasteiger partial charge >= 0.3 is 0 Å². The molecule has 1 aromatic carbocycles. The Hall–Kier alpha value is -1.40. The van der Waals surface area contributed by atoms with Gasteiger partial charge in [0.25, 0.3) is 0 Å². The Labute approximate surface area is 113 Å². The number of benzene rings is 1. The summed E-state index contributed by atoms with van der Waals surface area (Å²) in [4.78, 5) is 12.4. The Morgan fingerprint density at radius 1 is 1.42 bits per heavy atom. The van der Waals surface area contributed by atoms with Crippen LogP contribution in [0.2, 0.25) is 0 Å². The highest BCUT2D eigenvalue weighted by Crippen LogP contribution is 2.22. The van der Waals surface area contributed by atoms with Crippen LogP contribution in [0.3, 0.4) is 0 Å². The molecular formula is C13H18N2O3S. The maximum absolute atomic E-state index is 12.2. The summed E-state index contributed by atoms with van der Waals surface area (Å²) >= 11 is 0. The molecule has 104 valence electrons. The van der Waals surface area contributed by atoms with E-state index in [9.17, 15) is 13.2 Å². The first-order chi connectivity index (χ1) is 8.81. The highest BCUT2D eigenvalue weighted by Gasteiger charge is 2.35. The lowest BCUT2D eigenvalue weighted by Crippen LogP contribution is -2.47. The molecule has 1 aliphatic heterocycles. The van der Waals surface area contributed by atoms with E-state index in [2.05, 4.69) is 10.6 Å². The van der Waals surface area contributed by atoms with Crippen LogP contribution >= 0.6 is 0 Å². The largest absolute Gasteiger partial charge is 0.324 e. The van der Waals surface area contributed by atoms with Crippen molar-refractivity contribution < 1.29 is 13.2 Å². The van der Waals surface area contributed by atoms with Crippen molar-refractivity contribution in [3.05, 3.63) is 24.3 Å². The maximum Gasteiger partial charge on any atom is 0.244 e. The summed E-state index contributed by atoms with van der Waals surface area (Å²) in [6.07, 6.45) is 2.89. The van der Waals surface area contributed by atoms with Crippen molar-refractivity contribution in [3.8, 4) is 0 Å². The molecule has 0 aliphatic carbocycles. The molecule has 5 nitrogen and oxygen atoms in total. The van der Waals surface area contributed by atoms with E-state index < -0.39 is 15.4 Å². The summed E-state index contributed by atoms with van der Waals surface area (Å²) in [5.74, 6) is -0.129. The van der Waals surface area contributed by atoms with Gasteiger partial charge in [0.15, 0.2) is 9.84 Å². The first kappa shape index (κ1) is 14.0. The average molecular weight is 282 g/mol.